The maximum absolute atomic E-state index is 12.0. The molecular weight excluding hydrogens is 480 g/mol. The quantitative estimate of drug-likeness (QED) is 0.122. The summed E-state index contributed by atoms with van der Waals surface area (Å²) < 4.78 is 10.1. The zero-order valence-electron chi connectivity index (χ0n) is 23.5. The van der Waals surface area contributed by atoms with Crippen LogP contribution in [0.3, 0.4) is 0 Å². The number of terminal acetylenes is 1. The van der Waals surface area contributed by atoms with Crippen LogP contribution >= 0.6 is 0 Å². The molecule has 0 unspecified atom stereocenters. The maximum Gasteiger partial charge on any atom is 0.319 e. The van der Waals surface area contributed by atoms with E-state index >= 15 is 0 Å². The highest BCUT2D eigenvalue weighted by Crippen LogP contribution is 2.43. The molecule has 0 heterocycles. The van der Waals surface area contributed by atoms with Crippen molar-refractivity contribution in [3.63, 3.8) is 0 Å². The smallest absolute Gasteiger partial charge is 0.319 e. The SMILES string of the molecule is C#CC#CC#COC(=O)CCCC(C)(C)c1cc(O)c(C(C)(C)CCCC(=O)OCCCCCC)cc1O. The van der Waals surface area contributed by atoms with Crippen LogP contribution in [0.2, 0.25) is 0 Å². The summed E-state index contributed by atoms with van der Waals surface area (Å²) in [5.41, 5.74) is 0.257. The minimum Gasteiger partial charge on any atom is -0.508 e. The predicted octanol–water partition coefficient (Wildman–Crippen LogP) is 6.26. The number of aromatic hydroxyl groups is 2. The Morgan fingerprint density at radius 2 is 1.37 bits per heavy atom. The van der Waals surface area contributed by atoms with Crippen LogP contribution in [0, 0.1) is 36.2 Å². The number of phenols is 2. The lowest BCUT2D eigenvalue weighted by molar-refractivity contribution is -0.144. The first-order chi connectivity index (χ1) is 17.9. The molecule has 1 aromatic rings. The summed E-state index contributed by atoms with van der Waals surface area (Å²) in [6, 6.07) is 3.21. The summed E-state index contributed by atoms with van der Waals surface area (Å²) >= 11 is 0. The molecule has 1 aromatic carbocycles. The van der Waals surface area contributed by atoms with Gasteiger partial charge in [-0.25, -0.2) is 0 Å². The normalized spacial score (nSPS) is 10.8. The predicted molar refractivity (Wildman–Crippen MR) is 149 cm³/mol. The summed E-state index contributed by atoms with van der Waals surface area (Å²) in [4.78, 5) is 23.9. The molecule has 0 aliphatic heterocycles. The summed E-state index contributed by atoms with van der Waals surface area (Å²) in [5, 5.41) is 21.7. The van der Waals surface area contributed by atoms with E-state index in [1.807, 2.05) is 27.7 Å². The molecule has 6 nitrogen and oxygen atoms in total. The monoisotopic (exact) mass is 522 g/mol. The van der Waals surface area contributed by atoms with Crippen molar-refractivity contribution in [2.24, 2.45) is 0 Å². The van der Waals surface area contributed by atoms with Crippen molar-refractivity contribution in [2.45, 2.75) is 110 Å². The Bertz CT molecular complexity index is 1100. The molecule has 0 amide bonds. The van der Waals surface area contributed by atoms with Crippen LogP contribution in [0.25, 0.3) is 0 Å². The van der Waals surface area contributed by atoms with E-state index in [1.165, 1.54) is 0 Å². The zero-order valence-corrected chi connectivity index (χ0v) is 23.5. The third-order valence-electron chi connectivity index (χ3n) is 6.61. The van der Waals surface area contributed by atoms with Gasteiger partial charge in [0, 0.05) is 35.8 Å². The number of unbranched alkanes of at least 4 members (excludes halogenated alkanes) is 3. The van der Waals surface area contributed by atoms with Gasteiger partial charge in [-0.2, -0.15) is 0 Å². The molecule has 0 saturated heterocycles. The van der Waals surface area contributed by atoms with Gasteiger partial charge < -0.3 is 19.7 Å². The Morgan fingerprint density at radius 1 is 0.816 bits per heavy atom. The number of esters is 2. The Labute approximate surface area is 228 Å². The lowest BCUT2D eigenvalue weighted by Crippen LogP contribution is -2.21. The fourth-order valence-corrected chi connectivity index (χ4v) is 4.29. The van der Waals surface area contributed by atoms with Crippen molar-refractivity contribution in [3.8, 4) is 47.7 Å². The number of ether oxygens (including phenoxy) is 2. The van der Waals surface area contributed by atoms with Gasteiger partial charge >= 0.3 is 11.9 Å². The summed E-state index contributed by atoms with van der Waals surface area (Å²) in [6.07, 6.45) is 14.2. The number of phenolic OH excluding ortho intramolecular Hbond substituents is 2. The highest BCUT2D eigenvalue weighted by atomic mass is 16.5. The molecule has 0 spiro atoms. The number of benzene rings is 1. The van der Waals surface area contributed by atoms with Gasteiger partial charge in [0.15, 0.2) is 0 Å². The first-order valence-electron chi connectivity index (χ1n) is 13.3. The first-order valence-corrected chi connectivity index (χ1v) is 13.3. The van der Waals surface area contributed by atoms with Crippen molar-refractivity contribution < 1.29 is 29.3 Å². The van der Waals surface area contributed by atoms with Gasteiger partial charge in [0.05, 0.1) is 6.61 Å². The summed E-state index contributed by atoms with van der Waals surface area (Å²) in [6.45, 7) is 10.5. The molecule has 0 fully saturated rings. The van der Waals surface area contributed by atoms with Crippen LogP contribution in [0.15, 0.2) is 12.1 Å². The van der Waals surface area contributed by atoms with Crippen LogP contribution in [0.5, 0.6) is 11.5 Å². The van der Waals surface area contributed by atoms with E-state index in [2.05, 4.69) is 36.7 Å². The minimum absolute atomic E-state index is 0.0860. The highest BCUT2D eigenvalue weighted by molar-refractivity contribution is 5.70. The van der Waals surface area contributed by atoms with Gasteiger partial charge in [-0.15, -0.1) is 6.42 Å². The van der Waals surface area contributed by atoms with Crippen molar-refractivity contribution >= 4 is 11.9 Å². The first kappa shape index (κ1) is 32.5. The van der Waals surface area contributed by atoms with Crippen LogP contribution in [0.1, 0.15) is 110 Å². The zero-order chi connectivity index (χ0) is 28.6. The average Bonchev–Trinajstić information content (AvgIpc) is 2.84. The van der Waals surface area contributed by atoms with E-state index in [0.29, 0.717) is 49.8 Å². The van der Waals surface area contributed by atoms with Crippen molar-refractivity contribution in [1.82, 2.24) is 0 Å². The summed E-state index contributed by atoms with van der Waals surface area (Å²) in [5.74, 6) is 8.60. The molecular formula is C32H42O6. The molecule has 0 radical (unpaired) electrons. The molecule has 1 rings (SSSR count). The molecule has 0 aliphatic carbocycles. The summed E-state index contributed by atoms with van der Waals surface area (Å²) in [7, 11) is 0. The molecule has 0 atom stereocenters. The van der Waals surface area contributed by atoms with E-state index in [9.17, 15) is 19.8 Å². The Morgan fingerprint density at radius 3 is 1.89 bits per heavy atom. The van der Waals surface area contributed by atoms with Crippen molar-refractivity contribution in [3.05, 3.63) is 23.3 Å². The minimum atomic E-state index is -0.505. The second-order valence-electron chi connectivity index (χ2n) is 10.7. The standard InChI is InChI=1S/C32H42O6/c1-7-9-11-13-21-37-29(35)17-15-19-31(3,4)25-23-28(34)26(24-27(25)33)32(5,6)20-16-18-30(36)38-22-14-12-10-8-2/h1,23-24,33-34H,8,10,12,14-20,22H2,2-6H3. The van der Waals surface area contributed by atoms with E-state index in [-0.39, 0.29) is 23.9 Å². The fraction of sp³-hybridized carbons (Fsp3) is 0.562. The molecule has 2 N–H and O–H groups in total. The highest BCUT2D eigenvalue weighted by Gasteiger charge is 2.30. The van der Waals surface area contributed by atoms with Gasteiger partial charge in [-0.1, -0.05) is 53.9 Å². The maximum atomic E-state index is 12.0. The van der Waals surface area contributed by atoms with Crippen LogP contribution in [0.4, 0.5) is 0 Å². The number of rotatable bonds is 15. The van der Waals surface area contributed by atoms with Crippen molar-refractivity contribution in [2.75, 3.05) is 6.61 Å². The number of hydrogen-bond donors (Lipinski definition) is 2. The number of carbonyl (C=O) groups is 2. The Balaban J connectivity index is 2.69. The molecule has 0 bridgehead atoms. The fourth-order valence-electron chi connectivity index (χ4n) is 4.29. The second kappa shape index (κ2) is 16.3. The molecule has 0 aliphatic rings. The van der Waals surface area contributed by atoms with Crippen molar-refractivity contribution in [1.29, 1.82) is 0 Å². The average molecular weight is 523 g/mol. The third-order valence-corrected chi connectivity index (χ3v) is 6.61. The van der Waals surface area contributed by atoms with E-state index < -0.39 is 16.8 Å². The van der Waals surface area contributed by atoms with E-state index in [4.69, 9.17) is 15.9 Å². The van der Waals surface area contributed by atoms with Gasteiger partial charge in [0.2, 0.25) is 0 Å². The Kier molecular flexibility index (Phi) is 13.9. The molecule has 6 heteroatoms. The second-order valence-corrected chi connectivity index (χ2v) is 10.7. The molecule has 0 aromatic heterocycles. The Hall–Kier alpha value is -3.56. The topological polar surface area (TPSA) is 93.1 Å². The molecule has 0 saturated carbocycles. The van der Waals surface area contributed by atoms with Crippen LogP contribution < -0.4 is 0 Å². The van der Waals surface area contributed by atoms with Gasteiger partial charge in [-0.05, 0) is 66.9 Å². The van der Waals surface area contributed by atoms with Gasteiger partial charge in [0.25, 0.3) is 0 Å². The molecule has 38 heavy (non-hydrogen) atoms. The largest absolute Gasteiger partial charge is 0.508 e. The van der Waals surface area contributed by atoms with Crippen LogP contribution in [-0.4, -0.2) is 28.8 Å². The lowest BCUT2D eigenvalue weighted by Gasteiger charge is -2.30. The van der Waals surface area contributed by atoms with Crippen LogP contribution in [-0.2, 0) is 29.9 Å². The van der Waals surface area contributed by atoms with Gasteiger partial charge in [0.1, 0.15) is 17.6 Å². The lowest BCUT2D eigenvalue weighted by atomic mass is 9.75. The number of carbonyl (C=O) groups excluding carboxylic acids is 2. The molecule has 206 valence electrons. The third kappa shape index (κ3) is 11.7. The van der Waals surface area contributed by atoms with E-state index in [0.717, 1.165) is 25.7 Å². The number of hydrogen-bond acceptors (Lipinski definition) is 6. The van der Waals surface area contributed by atoms with E-state index in [1.54, 1.807) is 12.1 Å². The van der Waals surface area contributed by atoms with Gasteiger partial charge in [-0.3, -0.25) is 9.59 Å².